The van der Waals surface area contributed by atoms with Crippen LogP contribution in [-0.4, -0.2) is 60.1 Å². The van der Waals surface area contributed by atoms with E-state index >= 15 is 0 Å². The minimum atomic E-state index is -4.17. The van der Waals surface area contributed by atoms with Crippen molar-refractivity contribution in [2.24, 2.45) is 0 Å². The van der Waals surface area contributed by atoms with E-state index in [1.54, 1.807) is 6.07 Å². The summed E-state index contributed by atoms with van der Waals surface area (Å²) in [5.41, 5.74) is 1.96. The van der Waals surface area contributed by atoms with Gasteiger partial charge in [-0.3, -0.25) is 14.5 Å². The number of nitrogens with zero attached hydrogens (tertiary/aromatic N) is 3. The minimum absolute atomic E-state index is 0.0567. The maximum Gasteiger partial charge on any atom is 0.269 e. The number of carbonyl (C=O) groups is 2. The Bertz CT molecular complexity index is 1290. The third-order valence-electron chi connectivity index (χ3n) is 6.21. The van der Waals surface area contributed by atoms with Crippen molar-refractivity contribution in [3.8, 4) is 5.75 Å². The second kappa shape index (κ2) is 9.54. The molecule has 1 saturated heterocycles. The number of fused-ring (bicyclic) bond motifs is 1. The number of sulfonamides is 1. The molecule has 0 aromatic heterocycles. The number of rotatable bonds is 6. The fraction of sp³-hybridized carbons (Fsp3) is 0.360. The Morgan fingerprint density at radius 3 is 2.43 bits per heavy atom. The van der Waals surface area contributed by atoms with Crippen LogP contribution in [0.2, 0.25) is 5.02 Å². The topological polar surface area (TPSA) is 87.2 Å². The van der Waals surface area contributed by atoms with Gasteiger partial charge in [0.15, 0.2) is 0 Å². The summed E-state index contributed by atoms with van der Waals surface area (Å²) in [4.78, 5) is 29.4. The fourth-order valence-corrected chi connectivity index (χ4v) is 6.22. The summed E-state index contributed by atoms with van der Waals surface area (Å²) in [6.45, 7) is 5.60. The summed E-state index contributed by atoms with van der Waals surface area (Å²) in [6.07, 6.45) is 1.67. The first-order chi connectivity index (χ1) is 16.5. The molecule has 0 aliphatic carbocycles. The molecule has 2 aliphatic rings. The van der Waals surface area contributed by atoms with Gasteiger partial charge in [-0.05, 0) is 44.5 Å². The molecule has 2 aromatic carbocycles. The Morgan fingerprint density at radius 2 is 1.80 bits per heavy atom. The summed E-state index contributed by atoms with van der Waals surface area (Å²) < 4.78 is 34.2. The monoisotopic (exact) mass is 517 g/mol. The van der Waals surface area contributed by atoms with Crippen LogP contribution in [0.4, 0.5) is 0 Å². The second-order valence-corrected chi connectivity index (χ2v) is 11.2. The average Bonchev–Trinajstić information content (AvgIpc) is 2.81. The van der Waals surface area contributed by atoms with E-state index in [4.69, 9.17) is 16.3 Å². The van der Waals surface area contributed by atoms with E-state index in [0.29, 0.717) is 0 Å². The summed E-state index contributed by atoms with van der Waals surface area (Å²) >= 11 is 6.12. The zero-order chi connectivity index (χ0) is 25.5. The molecule has 8 nitrogen and oxygen atoms in total. The van der Waals surface area contributed by atoms with Crippen LogP contribution in [0.3, 0.4) is 0 Å². The number of aryl methyl sites for hydroxylation is 1. The number of amides is 2. The molecule has 10 heteroatoms. The smallest absolute Gasteiger partial charge is 0.269 e. The standard InChI is InChI=1S/C25H28ClN3O5S/c1-16(2)27-15-23-28(35(32,33)22-14-19(26)9-10-21(22)34-4)12-11-24(30)29(23)20(25(27)31)13-18-7-5-17(3)6-8-18/h5-10,14-16,20H,11-13H2,1-4H3. The summed E-state index contributed by atoms with van der Waals surface area (Å²) in [6, 6.07) is 11.0. The third kappa shape index (κ3) is 4.62. The van der Waals surface area contributed by atoms with Crippen LogP contribution < -0.4 is 4.74 Å². The Balaban J connectivity index is 1.82. The highest BCUT2D eigenvalue weighted by atomic mass is 35.5. The molecule has 186 valence electrons. The van der Waals surface area contributed by atoms with E-state index in [-0.39, 0.29) is 58.7 Å². The summed E-state index contributed by atoms with van der Waals surface area (Å²) in [5.74, 6) is -0.261. The third-order valence-corrected chi connectivity index (χ3v) is 8.27. The van der Waals surface area contributed by atoms with Crippen LogP contribution in [0.5, 0.6) is 5.75 Å². The van der Waals surface area contributed by atoms with Gasteiger partial charge in [0.2, 0.25) is 11.8 Å². The van der Waals surface area contributed by atoms with Crippen molar-refractivity contribution in [3.05, 3.63) is 70.6 Å². The SMILES string of the molecule is COc1ccc(Cl)cc1S(=O)(=O)N1CCC(=O)N2C1=CN(C(C)C)C(=O)C2Cc1ccc(C)cc1. The van der Waals surface area contributed by atoms with Crippen molar-refractivity contribution in [1.82, 2.24) is 14.1 Å². The highest BCUT2D eigenvalue weighted by molar-refractivity contribution is 7.89. The van der Waals surface area contributed by atoms with Crippen molar-refractivity contribution in [2.75, 3.05) is 13.7 Å². The molecule has 2 heterocycles. The van der Waals surface area contributed by atoms with Crippen molar-refractivity contribution in [2.45, 2.75) is 50.6 Å². The summed E-state index contributed by atoms with van der Waals surface area (Å²) in [5, 5.41) is 0.239. The van der Waals surface area contributed by atoms with E-state index in [1.807, 2.05) is 45.0 Å². The van der Waals surface area contributed by atoms with Gasteiger partial charge in [-0.2, -0.15) is 0 Å². The van der Waals surface area contributed by atoms with Gasteiger partial charge >= 0.3 is 0 Å². The number of halogens is 1. The van der Waals surface area contributed by atoms with Gasteiger partial charge in [-0.15, -0.1) is 0 Å². The van der Waals surface area contributed by atoms with Crippen LogP contribution >= 0.6 is 11.6 Å². The highest BCUT2D eigenvalue weighted by Crippen LogP contribution is 2.37. The van der Waals surface area contributed by atoms with Crippen molar-refractivity contribution in [1.29, 1.82) is 0 Å². The first kappa shape index (κ1) is 25.1. The van der Waals surface area contributed by atoms with Crippen molar-refractivity contribution in [3.63, 3.8) is 0 Å². The minimum Gasteiger partial charge on any atom is -0.495 e. The molecule has 0 radical (unpaired) electrons. The molecule has 1 atom stereocenters. The predicted octanol–water partition coefficient (Wildman–Crippen LogP) is 3.54. The van der Waals surface area contributed by atoms with Crippen LogP contribution in [0.15, 0.2) is 59.4 Å². The van der Waals surface area contributed by atoms with Crippen LogP contribution in [-0.2, 0) is 26.0 Å². The summed E-state index contributed by atoms with van der Waals surface area (Å²) in [7, 11) is -2.79. The lowest BCUT2D eigenvalue weighted by atomic mass is 9.99. The molecule has 2 aliphatic heterocycles. The molecular formula is C25H28ClN3O5S. The number of carbonyl (C=O) groups excluding carboxylic acids is 2. The highest BCUT2D eigenvalue weighted by Gasteiger charge is 2.47. The van der Waals surface area contributed by atoms with Crippen LogP contribution in [0.25, 0.3) is 0 Å². The number of benzene rings is 2. The van der Waals surface area contributed by atoms with Gasteiger partial charge in [-0.1, -0.05) is 41.4 Å². The van der Waals surface area contributed by atoms with Gasteiger partial charge in [0.25, 0.3) is 10.0 Å². The van der Waals surface area contributed by atoms with Crippen LogP contribution in [0, 0.1) is 6.92 Å². The predicted molar refractivity (Wildman–Crippen MR) is 132 cm³/mol. The average molecular weight is 518 g/mol. The van der Waals surface area contributed by atoms with E-state index in [2.05, 4.69) is 0 Å². The van der Waals surface area contributed by atoms with E-state index < -0.39 is 16.1 Å². The molecule has 1 unspecified atom stereocenters. The Hall–Kier alpha value is -3.04. The zero-order valence-corrected chi connectivity index (χ0v) is 21.6. The first-order valence-corrected chi connectivity index (χ1v) is 13.1. The Labute approximate surface area is 210 Å². The van der Waals surface area contributed by atoms with Gasteiger partial charge in [0.05, 0.1) is 7.11 Å². The molecule has 1 fully saturated rings. The maximum absolute atomic E-state index is 13.8. The fourth-order valence-electron chi connectivity index (χ4n) is 4.35. The largest absolute Gasteiger partial charge is 0.495 e. The molecule has 35 heavy (non-hydrogen) atoms. The molecule has 0 bridgehead atoms. The van der Waals surface area contributed by atoms with Crippen molar-refractivity contribution >= 4 is 33.4 Å². The lowest BCUT2D eigenvalue weighted by Crippen LogP contribution is -2.61. The second-order valence-electron chi connectivity index (χ2n) is 8.92. The Morgan fingerprint density at radius 1 is 1.11 bits per heavy atom. The van der Waals surface area contributed by atoms with Crippen molar-refractivity contribution < 1.29 is 22.7 Å². The lowest BCUT2D eigenvalue weighted by Gasteiger charge is -2.47. The first-order valence-electron chi connectivity index (χ1n) is 11.3. The molecule has 0 spiro atoms. The van der Waals surface area contributed by atoms with E-state index in [9.17, 15) is 18.0 Å². The maximum atomic E-state index is 13.8. The lowest BCUT2D eigenvalue weighted by molar-refractivity contribution is -0.148. The molecule has 2 aromatic rings. The molecule has 2 amide bonds. The van der Waals surface area contributed by atoms with Gasteiger partial charge in [0, 0.05) is 36.7 Å². The van der Waals surface area contributed by atoms with E-state index in [0.717, 1.165) is 11.1 Å². The number of hydrogen-bond donors (Lipinski definition) is 0. The number of hydrogen-bond acceptors (Lipinski definition) is 5. The van der Waals surface area contributed by atoms with Gasteiger partial charge in [-0.25, -0.2) is 12.7 Å². The van der Waals surface area contributed by atoms with Gasteiger partial charge < -0.3 is 9.64 Å². The molecule has 0 N–H and O–H groups in total. The molecule has 0 saturated carbocycles. The zero-order valence-electron chi connectivity index (χ0n) is 20.1. The normalized spacial score (nSPS) is 18.6. The number of ether oxygens (including phenoxy) is 1. The quantitative estimate of drug-likeness (QED) is 0.585. The number of methoxy groups -OCH3 is 1. The van der Waals surface area contributed by atoms with Gasteiger partial charge in [0.1, 0.15) is 22.5 Å². The van der Waals surface area contributed by atoms with Crippen LogP contribution in [0.1, 0.15) is 31.4 Å². The Kier molecular flexibility index (Phi) is 6.83. The van der Waals surface area contributed by atoms with E-state index in [1.165, 1.54) is 39.5 Å². The molecule has 4 rings (SSSR count). The molecular weight excluding hydrogens is 490 g/mol.